The van der Waals surface area contributed by atoms with Crippen LogP contribution in [0.5, 0.6) is 0 Å². The van der Waals surface area contributed by atoms with Gasteiger partial charge in [0, 0.05) is 38.6 Å². The molecule has 1 aromatic heterocycles. The highest BCUT2D eigenvalue weighted by atomic mass is 19.1. The number of hydrazine groups is 2. The summed E-state index contributed by atoms with van der Waals surface area (Å²) in [5.41, 5.74) is 7.07. The third-order valence-corrected chi connectivity index (χ3v) is 5.39. The molecule has 2 aromatic carbocycles. The molecule has 3 N–H and O–H groups in total. The standard InChI is InChI=1S/C23H23FN6O3/c1-25-30-10-9-16(13-27-30)12-26-21(31)17-5-8-20-19(11-17)22(32)29(23(33)28(20)2)14-15-3-6-18(24)7-4-15/h3-11,13,25,27H,12,14H2,1-2H3,(H,26,31). The smallest absolute Gasteiger partial charge is 0.331 e. The lowest BCUT2D eigenvalue weighted by molar-refractivity contribution is 0.0957. The lowest BCUT2D eigenvalue weighted by Gasteiger charge is -2.22. The molecule has 0 atom stereocenters. The number of aromatic nitrogens is 2. The lowest BCUT2D eigenvalue weighted by atomic mass is 10.1. The maximum Gasteiger partial charge on any atom is 0.331 e. The van der Waals surface area contributed by atoms with Gasteiger partial charge in [0.2, 0.25) is 0 Å². The van der Waals surface area contributed by atoms with E-state index in [1.165, 1.54) is 34.9 Å². The zero-order chi connectivity index (χ0) is 23.5. The van der Waals surface area contributed by atoms with E-state index < -0.39 is 17.1 Å². The summed E-state index contributed by atoms with van der Waals surface area (Å²) >= 11 is 0. The summed E-state index contributed by atoms with van der Waals surface area (Å²) in [6.07, 6.45) is 5.38. The molecule has 0 unspecified atom stereocenters. The maximum atomic E-state index is 13.2. The van der Waals surface area contributed by atoms with Crippen LogP contribution in [0.25, 0.3) is 10.9 Å². The highest BCUT2D eigenvalue weighted by Crippen LogP contribution is 2.12. The minimum Gasteiger partial charge on any atom is -0.348 e. The van der Waals surface area contributed by atoms with E-state index in [4.69, 9.17) is 0 Å². The minimum absolute atomic E-state index is 0.00469. The largest absolute Gasteiger partial charge is 0.348 e. The van der Waals surface area contributed by atoms with Crippen LogP contribution < -0.4 is 27.4 Å². The number of hydrogen-bond acceptors (Lipinski definition) is 6. The molecule has 0 aliphatic carbocycles. The molecular weight excluding hydrogens is 427 g/mol. The van der Waals surface area contributed by atoms with Gasteiger partial charge in [-0.2, -0.15) is 0 Å². The topological polar surface area (TPSA) is 100 Å². The highest BCUT2D eigenvalue weighted by Gasteiger charge is 2.15. The highest BCUT2D eigenvalue weighted by molar-refractivity contribution is 5.98. The predicted octanol–water partition coefficient (Wildman–Crippen LogP) is 0.970. The van der Waals surface area contributed by atoms with Crippen LogP contribution in [-0.4, -0.2) is 33.8 Å². The van der Waals surface area contributed by atoms with Gasteiger partial charge in [0.25, 0.3) is 11.5 Å². The first-order valence-electron chi connectivity index (χ1n) is 10.2. The Labute approximate surface area is 188 Å². The number of aryl methyl sites for hydroxylation is 1. The number of carbonyl (C=O) groups is 1. The molecule has 1 amide bonds. The number of carbonyl (C=O) groups excluding carboxylic acids is 1. The van der Waals surface area contributed by atoms with Crippen molar-refractivity contribution in [3.8, 4) is 0 Å². The Morgan fingerprint density at radius 1 is 1.12 bits per heavy atom. The van der Waals surface area contributed by atoms with E-state index in [-0.39, 0.29) is 17.8 Å². The first kappa shape index (κ1) is 22.0. The first-order valence-corrected chi connectivity index (χ1v) is 10.2. The molecule has 170 valence electrons. The SMILES string of the molecule is CNN1C=CC(CNC(=O)c2ccc3c(c2)c(=O)n(Cc2ccc(F)cc2)c(=O)n3C)=CN1. The van der Waals surface area contributed by atoms with Crippen LogP contribution in [0.4, 0.5) is 4.39 Å². The fraction of sp³-hybridized carbons (Fsp3) is 0.174. The molecule has 9 nitrogen and oxygen atoms in total. The molecule has 0 fully saturated rings. The van der Waals surface area contributed by atoms with Crippen molar-refractivity contribution in [2.24, 2.45) is 7.05 Å². The number of hydrogen-bond donors (Lipinski definition) is 3. The van der Waals surface area contributed by atoms with E-state index in [0.717, 1.165) is 10.1 Å². The van der Waals surface area contributed by atoms with Gasteiger partial charge in [-0.25, -0.2) is 19.7 Å². The predicted molar refractivity (Wildman–Crippen MR) is 123 cm³/mol. The third-order valence-electron chi connectivity index (χ3n) is 5.39. The zero-order valence-corrected chi connectivity index (χ0v) is 18.1. The van der Waals surface area contributed by atoms with Gasteiger partial charge in [-0.15, -0.1) is 0 Å². The van der Waals surface area contributed by atoms with Crippen molar-refractivity contribution in [1.29, 1.82) is 0 Å². The van der Waals surface area contributed by atoms with E-state index in [0.29, 0.717) is 23.2 Å². The van der Waals surface area contributed by atoms with E-state index in [9.17, 15) is 18.8 Å². The van der Waals surface area contributed by atoms with E-state index in [1.807, 2.05) is 6.08 Å². The second kappa shape index (κ2) is 9.13. The van der Waals surface area contributed by atoms with Crippen LogP contribution in [0, 0.1) is 5.82 Å². The van der Waals surface area contributed by atoms with Crippen LogP contribution in [-0.2, 0) is 13.6 Å². The van der Waals surface area contributed by atoms with Crippen LogP contribution in [0.3, 0.4) is 0 Å². The van der Waals surface area contributed by atoms with Crippen molar-refractivity contribution >= 4 is 16.8 Å². The Kier molecular flexibility index (Phi) is 6.09. The molecule has 0 radical (unpaired) electrons. The summed E-state index contributed by atoms with van der Waals surface area (Å²) in [7, 11) is 3.33. The van der Waals surface area contributed by atoms with Crippen LogP contribution in [0.2, 0.25) is 0 Å². The van der Waals surface area contributed by atoms with Crippen molar-refractivity contribution in [2.75, 3.05) is 13.6 Å². The second-order valence-electron chi connectivity index (χ2n) is 7.53. The van der Waals surface area contributed by atoms with Gasteiger partial charge in [0.1, 0.15) is 5.82 Å². The molecule has 0 bridgehead atoms. The van der Waals surface area contributed by atoms with Crippen molar-refractivity contribution in [3.05, 3.63) is 104 Å². The second-order valence-corrected chi connectivity index (χ2v) is 7.53. The Hall–Kier alpha value is -4.18. The molecule has 0 saturated heterocycles. The number of amides is 1. The summed E-state index contributed by atoms with van der Waals surface area (Å²) in [5.74, 6) is -0.747. The Morgan fingerprint density at radius 2 is 1.88 bits per heavy atom. The van der Waals surface area contributed by atoms with Gasteiger partial charge in [-0.1, -0.05) is 12.1 Å². The van der Waals surface area contributed by atoms with Gasteiger partial charge in [-0.3, -0.25) is 24.1 Å². The lowest BCUT2D eigenvalue weighted by Crippen LogP contribution is -2.41. The average Bonchev–Trinajstić information content (AvgIpc) is 2.85. The Morgan fingerprint density at radius 3 is 2.55 bits per heavy atom. The normalized spacial score (nSPS) is 13.1. The van der Waals surface area contributed by atoms with Crippen molar-refractivity contribution < 1.29 is 9.18 Å². The van der Waals surface area contributed by atoms with Gasteiger partial charge >= 0.3 is 5.69 Å². The average molecular weight is 450 g/mol. The summed E-state index contributed by atoms with van der Waals surface area (Å²) in [6.45, 7) is 0.287. The minimum atomic E-state index is -0.513. The number of benzene rings is 2. The molecular formula is C23H23FN6O3. The summed E-state index contributed by atoms with van der Waals surface area (Å²) < 4.78 is 15.6. The van der Waals surface area contributed by atoms with Gasteiger partial charge < -0.3 is 5.32 Å². The number of nitrogens with one attached hydrogen (secondary N) is 3. The maximum absolute atomic E-state index is 13.2. The molecule has 4 rings (SSSR count). The fourth-order valence-corrected chi connectivity index (χ4v) is 3.52. The van der Waals surface area contributed by atoms with Gasteiger partial charge in [0.15, 0.2) is 0 Å². The summed E-state index contributed by atoms with van der Waals surface area (Å²) in [4.78, 5) is 38.6. The molecule has 3 aromatic rings. The summed E-state index contributed by atoms with van der Waals surface area (Å²) in [6, 6.07) is 10.2. The molecule has 10 heteroatoms. The molecule has 33 heavy (non-hydrogen) atoms. The molecule has 1 aliphatic heterocycles. The molecule has 2 heterocycles. The van der Waals surface area contributed by atoms with Gasteiger partial charge in [-0.05, 0) is 47.5 Å². The van der Waals surface area contributed by atoms with Crippen LogP contribution in [0.15, 0.2) is 76.1 Å². The summed E-state index contributed by atoms with van der Waals surface area (Å²) in [5, 5.41) is 4.72. The van der Waals surface area contributed by atoms with E-state index in [1.54, 1.807) is 43.7 Å². The quantitative estimate of drug-likeness (QED) is 0.518. The third kappa shape index (κ3) is 4.55. The number of halogens is 1. The molecule has 0 spiro atoms. The fourth-order valence-electron chi connectivity index (χ4n) is 3.52. The monoisotopic (exact) mass is 450 g/mol. The first-order chi connectivity index (χ1) is 15.9. The number of rotatable bonds is 6. The van der Waals surface area contributed by atoms with Crippen LogP contribution >= 0.6 is 0 Å². The van der Waals surface area contributed by atoms with E-state index >= 15 is 0 Å². The zero-order valence-electron chi connectivity index (χ0n) is 18.1. The number of fused-ring (bicyclic) bond motifs is 1. The molecule has 1 aliphatic rings. The Balaban J connectivity index is 1.61. The van der Waals surface area contributed by atoms with Crippen molar-refractivity contribution in [1.82, 2.24) is 30.4 Å². The van der Waals surface area contributed by atoms with Gasteiger partial charge in [0.05, 0.1) is 17.4 Å². The van der Waals surface area contributed by atoms with E-state index in [2.05, 4.69) is 16.2 Å². The molecule has 0 saturated carbocycles. The van der Waals surface area contributed by atoms with Crippen molar-refractivity contribution in [3.63, 3.8) is 0 Å². The Bertz CT molecular complexity index is 1390. The number of nitrogens with zero attached hydrogens (tertiary/aromatic N) is 3. The van der Waals surface area contributed by atoms with Crippen molar-refractivity contribution in [2.45, 2.75) is 6.54 Å². The van der Waals surface area contributed by atoms with Crippen LogP contribution in [0.1, 0.15) is 15.9 Å².